The first-order chi connectivity index (χ1) is 11.9. The lowest BCUT2D eigenvalue weighted by Crippen LogP contribution is -2.24. The number of carbonyl (C=O) groups is 1. The number of hydrogen-bond donors (Lipinski definition) is 1. The van der Waals surface area contributed by atoms with E-state index in [1.54, 1.807) is 17.0 Å². The highest BCUT2D eigenvalue weighted by atomic mass is 32.2. The van der Waals surface area contributed by atoms with Gasteiger partial charge in [0.1, 0.15) is 11.6 Å². The van der Waals surface area contributed by atoms with Crippen LogP contribution in [0.3, 0.4) is 0 Å². The Morgan fingerprint density at radius 3 is 2.64 bits per heavy atom. The van der Waals surface area contributed by atoms with Crippen molar-refractivity contribution in [2.45, 2.75) is 17.7 Å². The molecule has 1 heterocycles. The van der Waals surface area contributed by atoms with Gasteiger partial charge in [0, 0.05) is 19.0 Å². The number of carbonyl (C=O) groups excluding carboxylic acids is 1. The molecule has 8 heteroatoms. The average Bonchev–Trinajstić information content (AvgIpc) is 3.00. The van der Waals surface area contributed by atoms with Crippen molar-refractivity contribution in [2.75, 3.05) is 23.3 Å². The molecule has 1 aliphatic heterocycles. The van der Waals surface area contributed by atoms with Gasteiger partial charge in [0.25, 0.3) is 10.0 Å². The smallest absolute Gasteiger partial charge is 0.261 e. The summed E-state index contributed by atoms with van der Waals surface area (Å²) in [7, 11) is -2.48. The van der Waals surface area contributed by atoms with Gasteiger partial charge in [-0.3, -0.25) is 9.52 Å². The van der Waals surface area contributed by atoms with Crippen LogP contribution in [0.4, 0.5) is 15.8 Å². The fourth-order valence-corrected chi connectivity index (χ4v) is 3.80. The molecule has 1 amide bonds. The number of hydrogen-bond acceptors (Lipinski definition) is 4. The van der Waals surface area contributed by atoms with Crippen LogP contribution in [0.1, 0.15) is 12.8 Å². The maximum Gasteiger partial charge on any atom is 0.261 e. The zero-order chi connectivity index (χ0) is 18.0. The van der Waals surface area contributed by atoms with Crippen molar-refractivity contribution in [2.24, 2.45) is 0 Å². The molecule has 25 heavy (non-hydrogen) atoms. The van der Waals surface area contributed by atoms with E-state index in [1.807, 2.05) is 0 Å². The van der Waals surface area contributed by atoms with Crippen LogP contribution in [-0.4, -0.2) is 28.0 Å². The predicted molar refractivity (Wildman–Crippen MR) is 91.8 cm³/mol. The molecule has 3 rings (SSSR count). The van der Waals surface area contributed by atoms with Crippen LogP contribution >= 0.6 is 0 Å². The monoisotopic (exact) mass is 364 g/mol. The Balaban J connectivity index is 1.89. The number of benzene rings is 2. The highest BCUT2D eigenvalue weighted by Gasteiger charge is 2.25. The number of nitrogens with one attached hydrogen (secondary N) is 1. The summed E-state index contributed by atoms with van der Waals surface area (Å²) in [5, 5.41) is 0. The number of ether oxygens (including phenoxy) is 1. The number of amides is 1. The van der Waals surface area contributed by atoms with Crippen molar-refractivity contribution in [1.82, 2.24) is 0 Å². The fourth-order valence-electron chi connectivity index (χ4n) is 2.72. The number of methoxy groups -OCH3 is 1. The molecule has 0 aliphatic carbocycles. The van der Waals surface area contributed by atoms with Crippen LogP contribution in [0, 0.1) is 5.82 Å². The third kappa shape index (κ3) is 3.58. The molecule has 2 aromatic carbocycles. The first kappa shape index (κ1) is 17.2. The second-order valence-electron chi connectivity index (χ2n) is 5.60. The van der Waals surface area contributed by atoms with Crippen molar-refractivity contribution >= 4 is 27.3 Å². The number of nitrogens with zero attached hydrogens (tertiary/aromatic N) is 1. The Bertz CT molecular complexity index is 915. The maximum absolute atomic E-state index is 13.3. The first-order valence-corrected chi connectivity index (χ1v) is 9.16. The van der Waals surface area contributed by atoms with E-state index in [1.165, 1.54) is 31.4 Å². The summed E-state index contributed by atoms with van der Waals surface area (Å²) >= 11 is 0. The Labute approximate surface area is 145 Å². The van der Waals surface area contributed by atoms with E-state index in [4.69, 9.17) is 4.74 Å². The quantitative estimate of drug-likeness (QED) is 0.885. The molecule has 0 spiro atoms. The van der Waals surface area contributed by atoms with Gasteiger partial charge in [-0.15, -0.1) is 0 Å². The minimum absolute atomic E-state index is 0.00592. The Hall–Kier alpha value is -2.61. The van der Waals surface area contributed by atoms with Crippen molar-refractivity contribution < 1.29 is 22.3 Å². The zero-order valence-corrected chi connectivity index (χ0v) is 14.3. The van der Waals surface area contributed by atoms with Crippen molar-refractivity contribution in [3.05, 3.63) is 48.3 Å². The molecule has 0 saturated carbocycles. The van der Waals surface area contributed by atoms with E-state index in [-0.39, 0.29) is 16.5 Å². The largest absolute Gasteiger partial charge is 0.494 e. The van der Waals surface area contributed by atoms with E-state index in [0.717, 1.165) is 12.5 Å². The second kappa shape index (κ2) is 6.72. The van der Waals surface area contributed by atoms with Gasteiger partial charge in [0.15, 0.2) is 0 Å². The summed E-state index contributed by atoms with van der Waals surface area (Å²) in [5.41, 5.74) is 0.857. The lowest BCUT2D eigenvalue weighted by Gasteiger charge is -2.20. The molecule has 0 unspecified atom stereocenters. The summed E-state index contributed by atoms with van der Waals surface area (Å²) in [5.74, 6) is -0.246. The normalized spacial score (nSPS) is 14.6. The molecular weight excluding hydrogens is 347 g/mol. The van der Waals surface area contributed by atoms with E-state index in [9.17, 15) is 17.6 Å². The molecule has 0 radical (unpaired) electrons. The molecule has 132 valence electrons. The number of halogens is 1. The van der Waals surface area contributed by atoms with Gasteiger partial charge in [-0.05, 0) is 36.8 Å². The maximum atomic E-state index is 13.3. The molecular formula is C17H17FN2O4S. The minimum Gasteiger partial charge on any atom is -0.494 e. The van der Waals surface area contributed by atoms with Gasteiger partial charge in [-0.25, -0.2) is 12.8 Å². The predicted octanol–water partition coefficient (Wildman–Crippen LogP) is 2.76. The van der Waals surface area contributed by atoms with Crippen LogP contribution < -0.4 is 14.4 Å². The molecule has 0 bridgehead atoms. The van der Waals surface area contributed by atoms with Gasteiger partial charge in [0.05, 0.1) is 23.4 Å². The summed E-state index contributed by atoms with van der Waals surface area (Å²) in [6.07, 6.45) is 1.26. The van der Waals surface area contributed by atoms with E-state index < -0.39 is 15.8 Å². The molecule has 6 nitrogen and oxygen atoms in total. The Morgan fingerprint density at radius 1 is 1.20 bits per heavy atom. The molecule has 1 fully saturated rings. The summed E-state index contributed by atoms with van der Waals surface area (Å²) < 4.78 is 45.7. The Morgan fingerprint density at radius 2 is 2.00 bits per heavy atom. The van der Waals surface area contributed by atoms with Crippen LogP contribution in [0.25, 0.3) is 0 Å². The average molecular weight is 364 g/mol. The van der Waals surface area contributed by atoms with Crippen LogP contribution in [0.15, 0.2) is 47.4 Å². The van der Waals surface area contributed by atoms with Crippen LogP contribution in [0.2, 0.25) is 0 Å². The molecule has 2 aromatic rings. The number of rotatable bonds is 5. The summed E-state index contributed by atoms with van der Waals surface area (Å²) in [4.78, 5) is 13.3. The highest BCUT2D eigenvalue weighted by molar-refractivity contribution is 7.92. The van der Waals surface area contributed by atoms with Crippen molar-refractivity contribution in [3.8, 4) is 5.75 Å². The second-order valence-corrected chi connectivity index (χ2v) is 7.28. The summed E-state index contributed by atoms with van der Waals surface area (Å²) in [6.45, 7) is 0.601. The molecule has 0 aromatic heterocycles. The Kier molecular flexibility index (Phi) is 4.63. The lowest BCUT2D eigenvalue weighted by molar-refractivity contribution is -0.117. The van der Waals surface area contributed by atoms with Gasteiger partial charge in [0.2, 0.25) is 5.91 Å². The molecule has 1 saturated heterocycles. The third-order valence-electron chi connectivity index (χ3n) is 3.90. The minimum atomic E-state index is -3.93. The van der Waals surface area contributed by atoms with Gasteiger partial charge in [-0.2, -0.15) is 0 Å². The van der Waals surface area contributed by atoms with E-state index in [0.29, 0.717) is 24.4 Å². The fraction of sp³-hybridized carbons (Fsp3) is 0.235. The SMILES string of the molecule is COc1cc(NS(=O)(=O)c2cccc(F)c2)ccc1N1CCCC1=O. The van der Waals surface area contributed by atoms with Gasteiger partial charge >= 0.3 is 0 Å². The lowest BCUT2D eigenvalue weighted by atomic mass is 10.2. The van der Waals surface area contributed by atoms with E-state index in [2.05, 4.69) is 4.72 Å². The standard InChI is InChI=1S/C17H17FN2O4S/c1-24-16-11-13(7-8-15(16)20-9-3-6-17(20)21)19-25(22,23)14-5-2-4-12(18)10-14/h2,4-5,7-8,10-11,19H,3,6,9H2,1H3. The van der Waals surface area contributed by atoms with E-state index >= 15 is 0 Å². The summed E-state index contributed by atoms with van der Waals surface area (Å²) in [6, 6.07) is 9.41. The van der Waals surface area contributed by atoms with Crippen LogP contribution in [-0.2, 0) is 14.8 Å². The number of sulfonamides is 1. The molecule has 1 aliphatic rings. The molecule has 1 N–H and O–H groups in total. The highest BCUT2D eigenvalue weighted by Crippen LogP contribution is 2.34. The van der Waals surface area contributed by atoms with Crippen molar-refractivity contribution in [3.63, 3.8) is 0 Å². The third-order valence-corrected chi connectivity index (χ3v) is 5.28. The molecule has 0 atom stereocenters. The number of anilines is 2. The van der Waals surface area contributed by atoms with Crippen molar-refractivity contribution in [1.29, 1.82) is 0 Å². The first-order valence-electron chi connectivity index (χ1n) is 7.67. The van der Waals surface area contributed by atoms with Gasteiger partial charge in [-0.1, -0.05) is 6.07 Å². The van der Waals surface area contributed by atoms with Gasteiger partial charge < -0.3 is 9.64 Å². The topological polar surface area (TPSA) is 75.7 Å². The van der Waals surface area contributed by atoms with Crippen LogP contribution in [0.5, 0.6) is 5.75 Å². The zero-order valence-electron chi connectivity index (χ0n) is 13.5.